The summed E-state index contributed by atoms with van der Waals surface area (Å²) < 4.78 is 11.4. The second-order valence-electron chi connectivity index (χ2n) is 4.64. The summed E-state index contributed by atoms with van der Waals surface area (Å²) in [5, 5.41) is 3.36. The van der Waals surface area contributed by atoms with Crippen molar-refractivity contribution < 1.29 is 9.47 Å². The highest BCUT2D eigenvalue weighted by molar-refractivity contribution is 5.01. The number of rotatable bonds is 4. The fourth-order valence-corrected chi connectivity index (χ4v) is 2.37. The molecule has 0 spiro atoms. The lowest BCUT2D eigenvalue weighted by molar-refractivity contribution is 0.0158. The normalized spacial score (nSPS) is 24.1. The van der Waals surface area contributed by atoms with Gasteiger partial charge in [-0.1, -0.05) is 6.08 Å². The maximum atomic E-state index is 6.00. The molecule has 0 bridgehead atoms. The molecule has 1 N–H and O–H groups in total. The highest BCUT2D eigenvalue weighted by Gasteiger charge is 2.17. The molecule has 2 aliphatic rings. The maximum Gasteiger partial charge on any atom is 0.0864 e. The fourth-order valence-electron chi connectivity index (χ4n) is 2.37. The van der Waals surface area contributed by atoms with Crippen molar-refractivity contribution in [2.75, 3.05) is 46.0 Å². The zero-order valence-corrected chi connectivity index (χ0v) is 10.8. The van der Waals surface area contributed by atoms with Crippen LogP contribution < -0.4 is 5.32 Å². The zero-order chi connectivity index (χ0) is 11.9. The molecule has 2 fully saturated rings. The van der Waals surface area contributed by atoms with E-state index >= 15 is 0 Å². The molecule has 0 saturated carbocycles. The van der Waals surface area contributed by atoms with Crippen LogP contribution in [0.25, 0.3) is 0 Å². The molecular weight excluding hydrogens is 216 g/mol. The monoisotopic (exact) mass is 240 g/mol. The van der Waals surface area contributed by atoms with Crippen molar-refractivity contribution in [1.29, 1.82) is 0 Å². The summed E-state index contributed by atoms with van der Waals surface area (Å²) in [7, 11) is 0. The van der Waals surface area contributed by atoms with Crippen LogP contribution in [-0.2, 0) is 9.47 Å². The summed E-state index contributed by atoms with van der Waals surface area (Å²) in [6, 6.07) is 0. The minimum Gasteiger partial charge on any atom is -0.378 e. The highest BCUT2D eigenvalue weighted by Crippen LogP contribution is 2.12. The third-order valence-corrected chi connectivity index (χ3v) is 3.50. The Morgan fingerprint density at radius 2 is 2.06 bits per heavy atom. The Kier molecular flexibility index (Phi) is 5.29. The van der Waals surface area contributed by atoms with Gasteiger partial charge in [-0.15, -0.1) is 0 Å². The van der Waals surface area contributed by atoms with Crippen LogP contribution in [-0.4, -0.2) is 57.0 Å². The Labute approximate surface area is 104 Å². The van der Waals surface area contributed by atoms with Crippen molar-refractivity contribution in [3.8, 4) is 0 Å². The molecule has 4 heteroatoms. The van der Waals surface area contributed by atoms with Crippen LogP contribution in [0.4, 0.5) is 0 Å². The lowest BCUT2D eigenvalue weighted by atomic mass is 10.1. The van der Waals surface area contributed by atoms with E-state index in [9.17, 15) is 0 Å². The van der Waals surface area contributed by atoms with Gasteiger partial charge in [0.05, 0.1) is 25.9 Å². The van der Waals surface area contributed by atoms with E-state index in [0.717, 1.165) is 58.8 Å². The van der Waals surface area contributed by atoms with Gasteiger partial charge >= 0.3 is 0 Å². The number of nitrogens with one attached hydrogen (secondary N) is 1. The molecule has 2 aliphatic heterocycles. The first kappa shape index (κ1) is 12.9. The lowest BCUT2D eigenvalue weighted by Gasteiger charge is -2.32. The van der Waals surface area contributed by atoms with E-state index in [1.165, 1.54) is 5.70 Å². The van der Waals surface area contributed by atoms with Crippen LogP contribution in [0.3, 0.4) is 0 Å². The number of morpholine rings is 1. The molecule has 0 unspecified atom stereocenters. The van der Waals surface area contributed by atoms with E-state index in [-0.39, 0.29) is 0 Å². The van der Waals surface area contributed by atoms with Gasteiger partial charge in [0, 0.05) is 18.8 Å². The molecule has 2 rings (SSSR count). The van der Waals surface area contributed by atoms with Gasteiger partial charge in [-0.25, -0.2) is 0 Å². The second-order valence-corrected chi connectivity index (χ2v) is 4.64. The van der Waals surface area contributed by atoms with E-state index in [4.69, 9.17) is 9.47 Å². The third-order valence-electron chi connectivity index (χ3n) is 3.50. The number of ether oxygens (including phenoxy) is 2. The van der Waals surface area contributed by atoms with Gasteiger partial charge in [0.2, 0.25) is 0 Å². The minimum atomic E-state index is 0.437. The van der Waals surface area contributed by atoms with Crippen molar-refractivity contribution in [3.63, 3.8) is 0 Å². The first-order valence-corrected chi connectivity index (χ1v) is 6.70. The molecule has 0 aromatic carbocycles. The van der Waals surface area contributed by atoms with E-state index in [0.29, 0.717) is 6.10 Å². The molecule has 0 atom stereocenters. The molecule has 0 aromatic heterocycles. The zero-order valence-electron chi connectivity index (χ0n) is 10.8. The maximum absolute atomic E-state index is 6.00. The predicted molar refractivity (Wildman–Crippen MR) is 68.0 cm³/mol. The van der Waals surface area contributed by atoms with Crippen molar-refractivity contribution >= 4 is 0 Å². The van der Waals surface area contributed by atoms with Crippen LogP contribution in [0, 0.1) is 0 Å². The SMILES string of the molecule is C/C=C(/COC1CCNCC1)N1CCOCC1. The van der Waals surface area contributed by atoms with Gasteiger partial charge in [0.25, 0.3) is 0 Å². The molecule has 0 aromatic rings. The molecule has 17 heavy (non-hydrogen) atoms. The number of nitrogens with zero attached hydrogens (tertiary/aromatic N) is 1. The number of hydrogen-bond acceptors (Lipinski definition) is 4. The van der Waals surface area contributed by atoms with E-state index < -0.39 is 0 Å². The lowest BCUT2D eigenvalue weighted by Crippen LogP contribution is -2.38. The van der Waals surface area contributed by atoms with Crippen LogP contribution in [0.2, 0.25) is 0 Å². The summed E-state index contributed by atoms with van der Waals surface area (Å²) in [4.78, 5) is 2.38. The molecule has 2 saturated heterocycles. The fraction of sp³-hybridized carbons (Fsp3) is 0.846. The summed E-state index contributed by atoms with van der Waals surface area (Å²) in [5.74, 6) is 0. The van der Waals surface area contributed by atoms with Crippen LogP contribution in [0.1, 0.15) is 19.8 Å². The quantitative estimate of drug-likeness (QED) is 0.794. The summed E-state index contributed by atoms with van der Waals surface area (Å²) in [6.07, 6.45) is 4.89. The third kappa shape index (κ3) is 3.98. The van der Waals surface area contributed by atoms with Gasteiger partial charge in [-0.05, 0) is 32.9 Å². The average molecular weight is 240 g/mol. The highest BCUT2D eigenvalue weighted by atomic mass is 16.5. The largest absolute Gasteiger partial charge is 0.378 e. The first-order chi connectivity index (χ1) is 8.40. The van der Waals surface area contributed by atoms with E-state index in [1.807, 2.05) is 0 Å². The van der Waals surface area contributed by atoms with Gasteiger partial charge in [0.15, 0.2) is 0 Å². The molecule has 0 radical (unpaired) electrons. The second kappa shape index (κ2) is 6.99. The molecular formula is C13H24N2O2. The van der Waals surface area contributed by atoms with Gasteiger partial charge in [-0.2, -0.15) is 0 Å². The molecule has 0 amide bonds. The Morgan fingerprint density at radius 3 is 2.71 bits per heavy atom. The minimum absolute atomic E-state index is 0.437. The number of hydrogen-bond donors (Lipinski definition) is 1. The van der Waals surface area contributed by atoms with Gasteiger partial charge in [0.1, 0.15) is 0 Å². The molecule has 0 aliphatic carbocycles. The molecule has 98 valence electrons. The van der Waals surface area contributed by atoms with Crippen LogP contribution >= 0.6 is 0 Å². The van der Waals surface area contributed by atoms with Crippen LogP contribution in [0.5, 0.6) is 0 Å². The Morgan fingerprint density at radius 1 is 1.35 bits per heavy atom. The summed E-state index contributed by atoms with van der Waals surface area (Å²) in [5.41, 5.74) is 1.31. The van der Waals surface area contributed by atoms with Gasteiger partial charge in [-0.3, -0.25) is 0 Å². The number of piperidine rings is 1. The average Bonchev–Trinajstić information content (AvgIpc) is 2.42. The first-order valence-electron chi connectivity index (χ1n) is 6.70. The summed E-state index contributed by atoms with van der Waals surface area (Å²) in [6.45, 7) is 8.69. The van der Waals surface area contributed by atoms with Crippen molar-refractivity contribution in [2.45, 2.75) is 25.9 Å². The van der Waals surface area contributed by atoms with E-state index in [2.05, 4.69) is 23.2 Å². The number of allylic oxidation sites excluding steroid dienone is 1. The Bertz CT molecular complexity index is 244. The smallest absolute Gasteiger partial charge is 0.0864 e. The Hall–Kier alpha value is -0.580. The summed E-state index contributed by atoms with van der Waals surface area (Å²) >= 11 is 0. The van der Waals surface area contributed by atoms with E-state index in [1.54, 1.807) is 0 Å². The van der Waals surface area contributed by atoms with Crippen molar-refractivity contribution in [3.05, 3.63) is 11.8 Å². The molecule has 4 nitrogen and oxygen atoms in total. The predicted octanol–water partition coefficient (Wildman–Crippen LogP) is 0.991. The van der Waals surface area contributed by atoms with Crippen LogP contribution in [0.15, 0.2) is 11.8 Å². The van der Waals surface area contributed by atoms with Crippen molar-refractivity contribution in [1.82, 2.24) is 10.2 Å². The molecule has 2 heterocycles. The topological polar surface area (TPSA) is 33.7 Å². The standard InChI is InChI=1S/C13H24N2O2/c1-2-12(15-7-9-16-10-8-15)11-17-13-3-5-14-6-4-13/h2,13-14H,3-11H2,1H3/b12-2-. The Balaban J connectivity index is 1.74. The van der Waals surface area contributed by atoms with Gasteiger partial charge < -0.3 is 19.7 Å². The van der Waals surface area contributed by atoms with Crippen molar-refractivity contribution in [2.24, 2.45) is 0 Å².